The SMILES string of the molecule is c1ccc(C2(c3ccccc3)c3ccccc3-c3ccc(N(c4ccc5c(c4)C4(c6ccccc6-5)c5ccc6ccccc6c5Oc5c4ccc4ccccc54)c4ccc5c(c4)oc4ccccc45)cc32)cc1. The molecule has 16 rings (SSSR count). The van der Waals surface area contributed by atoms with E-state index >= 15 is 0 Å². The largest absolute Gasteiger partial charge is 0.456 e. The van der Waals surface area contributed by atoms with E-state index in [9.17, 15) is 0 Å². The lowest BCUT2D eigenvalue weighted by Crippen LogP contribution is -2.32. The van der Waals surface area contributed by atoms with E-state index in [2.05, 4.69) is 260 Å². The fraction of sp³-hybridized carbons (Fsp3) is 0.0286. The van der Waals surface area contributed by atoms with Gasteiger partial charge in [0.05, 0.1) is 10.8 Å². The molecular formula is C70H43NO2. The van der Waals surface area contributed by atoms with Crippen molar-refractivity contribution in [3.63, 3.8) is 0 Å². The number of ether oxygens (including phenoxy) is 1. The second-order valence-electron chi connectivity index (χ2n) is 19.8. The van der Waals surface area contributed by atoms with Gasteiger partial charge in [0, 0.05) is 55.8 Å². The summed E-state index contributed by atoms with van der Waals surface area (Å²) in [5.74, 6) is 1.80. The Kier molecular flexibility index (Phi) is 8.30. The van der Waals surface area contributed by atoms with Gasteiger partial charge in [-0.15, -0.1) is 0 Å². The van der Waals surface area contributed by atoms with E-state index in [1.165, 1.54) is 55.6 Å². The summed E-state index contributed by atoms with van der Waals surface area (Å²) in [6.07, 6.45) is 0. The lowest BCUT2D eigenvalue weighted by atomic mass is 9.65. The Bertz CT molecular complexity index is 4310. The second kappa shape index (κ2) is 15.0. The van der Waals surface area contributed by atoms with Crippen molar-refractivity contribution in [2.75, 3.05) is 4.90 Å². The average molecular weight is 930 g/mol. The second-order valence-corrected chi connectivity index (χ2v) is 19.8. The minimum absolute atomic E-state index is 0.580. The maximum absolute atomic E-state index is 7.34. The molecule has 0 saturated carbocycles. The Morgan fingerprint density at radius 2 is 0.712 bits per heavy atom. The molecule has 0 amide bonds. The molecule has 1 aromatic heterocycles. The summed E-state index contributed by atoms with van der Waals surface area (Å²) in [5.41, 5.74) is 18.2. The zero-order valence-electron chi connectivity index (χ0n) is 39.6. The monoisotopic (exact) mass is 929 g/mol. The Morgan fingerprint density at radius 1 is 0.274 bits per heavy atom. The van der Waals surface area contributed by atoms with E-state index in [-0.39, 0.29) is 0 Å². The summed E-state index contributed by atoms with van der Waals surface area (Å²) in [6, 6.07) is 96.0. The summed E-state index contributed by atoms with van der Waals surface area (Å²) in [6.45, 7) is 0. The number of hydrogen-bond acceptors (Lipinski definition) is 3. The topological polar surface area (TPSA) is 25.6 Å². The van der Waals surface area contributed by atoms with Crippen molar-refractivity contribution >= 4 is 60.5 Å². The van der Waals surface area contributed by atoms with Crippen LogP contribution in [0.25, 0.3) is 65.7 Å². The van der Waals surface area contributed by atoms with Crippen molar-refractivity contribution < 1.29 is 9.15 Å². The van der Waals surface area contributed by atoms with Gasteiger partial charge in [0.1, 0.15) is 22.7 Å². The van der Waals surface area contributed by atoms with Gasteiger partial charge in [0.15, 0.2) is 0 Å². The molecule has 3 nitrogen and oxygen atoms in total. The van der Waals surface area contributed by atoms with E-state index in [0.717, 1.165) is 83.2 Å². The summed E-state index contributed by atoms with van der Waals surface area (Å²) in [4.78, 5) is 2.45. The smallest absolute Gasteiger partial charge is 0.140 e. The van der Waals surface area contributed by atoms with Gasteiger partial charge in [-0.1, -0.05) is 212 Å². The first-order valence-electron chi connectivity index (χ1n) is 25.2. The highest BCUT2D eigenvalue weighted by molar-refractivity contribution is 6.07. The number of anilines is 3. The molecule has 2 heterocycles. The molecule has 2 aliphatic carbocycles. The molecule has 1 spiro atoms. The van der Waals surface area contributed by atoms with Crippen LogP contribution in [0.15, 0.2) is 265 Å². The number of benzene rings is 12. The molecular weight excluding hydrogens is 887 g/mol. The molecule has 12 aromatic carbocycles. The predicted octanol–water partition coefficient (Wildman–Crippen LogP) is 18.2. The van der Waals surface area contributed by atoms with Crippen molar-refractivity contribution in [3.8, 4) is 33.8 Å². The van der Waals surface area contributed by atoms with Crippen LogP contribution in [0.3, 0.4) is 0 Å². The van der Waals surface area contributed by atoms with Crippen LogP contribution in [-0.2, 0) is 10.8 Å². The molecule has 73 heavy (non-hydrogen) atoms. The molecule has 0 N–H and O–H groups in total. The van der Waals surface area contributed by atoms with Gasteiger partial charge in [-0.3, -0.25) is 0 Å². The Hall–Kier alpha value is -9.44. The molecule has 13 aromatic rings. The zero-order chi connectivity index (χ0) is 47.8. The molecule has 0 unspecified atom stereocenters. The molecule has 0 atom stereocenters. The van der Waals surface area contributed by atoms with Crippen LogP contribution in [0.2, 0.25) is 0 Å². The summed E-state index contributed by atoms with van der Waals surface area (Å²) >= 11 is 0. The number of para-hydroxylation sites is 1. The predicted molar refractivity (Wildman–Crippen MR) is 298 cm³/mol. The number of rotatable bonds is 5. The lowest BCUT2D eigenvalue weighted by molar-refractivity contribution is 0.447. The van der Waals surface area contributed by atoms with Crippen LogP contribution in [0.5, 0.6) is 11.5 Å². The number of nitrogens with zero attached hydrogens (tertiary/aromatic N) is 1. The highest BCUT2D eigenvalue weighted by Gasteiger charge is 2.52. The normalized spacial score (nSPS) is 14.1. The van der Waals surface area contributed by atoms with Gasteiger partial charge in [-0.2, -0.15) is 0 Å². The third-order valence-corrected chi connectivity index (χ3v) is 16.4. The van der Waals surface area contributed by atoms with E-state index in [1.54, 1.807) is 0 Å². The van der Waals surface area contributed by atoms with Gasteiger partial charge >= 0.3 is 0 Å². The Balaban J connectivity index is 0.999. The molecule has 3 heteroatoms. The van der Waals surface area contributed by atoms with Crippen molar-refractivity contribution in [3.05, 3.63) is 305 Å². The first kappa shape index (κ1) is 40.3. The Morgan fingerprint density at radius 3 is 1.32 bits per heavy atom. The number of hydrogen-bond donors (Lipinski definition) is 0. The lowest BCUT2D eigenvalue weighted by Gasteiger charge is -2.40. The molecule has 3 aliphatic rings. The maximum Gasteiger partial charge on any atom is 0.140 e. The van der Waals surface area contributed by atoms with E-state index in [1.807, 2.05) is 6.07 Å². The van der Waals surface area contributed by atoms with Crippen molar-refractivity contribution in [1.82, 2.24) is 0 Å². The minimum Gasteiger partial charge on any atom is -0.456 e. The van der Waals surface area contributed by atoms with E-state index in [0.29, 0.717) is 0 Å². The fourth-order valence-electron chi connectivity index (χ4n) is 13.4. The van der Waals surface area contributed by atoms with Crippen LogP contribution < -0.4 is 9.64 Å². The standard InChI is InChI=1S/C70H43NO2/c1-3-19-46(20-4-1)69(47-21-5-2-6-22-47)59-28-14-11-25-53(59)55-36-33-48(41-63(55)69)71(50-35-38-58-57-27-13-16-30-65(57)72-66(58)43-50)49-34-37-56-54-26-12-15-29-60(54)70(64(56)42-49)61-39-31-44-17-7-9-23-51(44)67(61)73-68-52-24-10-8-18-45(52)32-40-62(68)70/h1-43H. The Labute approximate surface area is 422 Å². The van der Waals surface area contributed by atoms with Crippen LogP contribution in [0.1, 0.15) is 44.5 Å². The van der Waals surface area contributed by atoms with Crippen molar-refractivity contribution in [2.24, 2.45) is 0 Å². The van der Waals surface area contributed by atoms with Crippen molar-refractivity contribution in [2.45, 2.75) is 10.8 Å². The van der Waals surface area contributed by atoms with Crippen LogP contribution in [-0.4, -0.2) is 0 Å². The number of furan rings is 1. The number of fused-ring (bicyclic) bond motifs is 19. The van der Waals surface area contributed by atoms with E-state index in [4.69, 9.17) is 9.15 Å². The van der Waals surface area contributed by atoms with Crippen LogP contribution >= 0.6 is 0 Å². The highest BCUT2D eigenvalue weighted by atomic mass is 16.5. The average Bonchev–Trinajstić information content (AvgIpc) is 4.14. The fourth-order valence-corrected chi connectivity index (χ4v) is 13.4. The molecule has 0 saturated heterocycles. The molecule has 340 valence electrons. The molecule has 1 aliphatic heterocycles. The first-order chi connectivity index (χ1) is 36.2. The van der Waals surface area contributed by atoms with E-state index < -0.39 is 10.8 Å². The van der Waals surface area contributed by atoms with Gasteiger partial charge < -0.3 is 14.1 Å². The zero-order valence-corrected chi connectivity index (χ0v) is 39.6. The van der Waals surface area contributed by atoms with Crippen LogP contribution in [0, 0.1) is 0 Å². The summed E-state index contributed by atoms with van der Waals surface area (Å²) in [5, 5.41) is 6.69. The summed E-state index contributed by atoms with van der Waals surface area (Å²) < 4.78 is 14.0. The third-order valence-electron chi connectivity index (χ3n) is 16.4. The van der Waals surface area contributed by atoms with Gasteiger partial charge in [-0.05, 0) is 109 Å². The molecule has 0 fully saturated rings. The third kappa shape index (κ3) is 5.38. The first-order valence-corrected chi connectivity index (χ1v) is 25.2. The highest BCUT2D eigenvalue weighted by Crippen LogP contribution is 2.65. The van der Waals surface area contributed by atoms with Gasteiger partial charge in [-0.25, -0.2) is 0 Å². The van der Waals surface area contributed by atoms with Crippen molar-refractivity contribution in [1.29, 1.82) is 0 Å². The maximum atomic E-state index is 7.34. The molecule has 0 radical (unpaired) electrons. The van der Waals surface area contributed by atoms with Gasteiger partial charge in [0.25, 0.3) is 0 Å². The van der Waals surface area contributed by atoms with Gasteiger partial charge in [0.2, 0.25) is 0 Å². The molecule has 0 bridgehead atoms. The quantitative estimate of drug-likeness (QED) is 0.172. The van der Waals surface area contributed by atoms with Crippen LogP contribution in [0.4, 0.5) is 17.1 Å². The minimum atomic E-state index is -0.720. The summed E-state index contributed by atoms with van der Waals surface area (Å²) in [7, 11) is 0.